The summed E-state index contributed by atoms with van der Waals surface area (Å²) in [5, 5.41) is 6.73. The van der Waals surface area contributed by atoms with Crippen LogP contribution in [0.15, 0.2) is 82.7 Å². The average molecular weight is 560 g/mol. The molecule has 0 aliphatic heterocycles. The van der Waals surface area contributed by atoms with Gasteiger partial charge in [0.25, 0.3) is 5.56 Å². The highest BCUT2D eigenvalue weighted by atomic mass is 127. The van der Waals surface area contributed by atoms with Gasteiger partial charge in [0, 0.05) is 30.8 Å². The second-order valence-corrected chi connectivity index (χ2v) is 8.32. The lowest BCUT2D eigenvalue weighted by molar-refractivity contribution is 0.607. The summed E-state index contributed by atoms with van der Waals surface area (Å²) in [6.07, 6.45) is 3.90. The molecule has 2 aromatic carbocycles. The van der Waals surface area contributed by atoms with Crippen molar-refractivity contribution in [2.24, 2.45) is 4.99 Å². The molecule has 7 heteroatoms. The van der Waals surface area contributed by atoms with Gasteiger partial charge in [0.1, 0.15) is 5.82 Å². The van der Waals surface area contributed by atoms with E-state index in [-0.39, 0.29) is 40.8 Å². The first-order valence-electron chi connectivity index (χ1n) is 11.1. The van der Waals surface area contributed by atoms with E-state index in [1.165, 1.54) is 6.07 Å². The molecule has 1 aromatic heterocycles. The molecule has 2 N–H and O–H groups in total. The van der Waals surface area contributed by atoms with Crippen molar-refractivity contribution >= 4 is 29.9 Å². The molecule has 0 amide bonds. The van der Waals surface area contributed by atoms with Gasteiger partial charge >= 0.3 is 0 Å². The fraction of sp³-hybridized carbons (Fsp3) is 0.308. The van der Waals surface area contributed by atoms with Crippen molar-refractivity contribution in [2.45, 2.75) is 38.3 Å². The summed E-state index contributed by atoms with van der Waals surface area (Å²) in [5.41, 5.74) is 3.21. The Labute approximate surface area is 211 Å². The summed E-state index contributed by atoms with van der Waals surface area (Å²) >= 11 is 0. The van der Waals surface area contributed by atoms with Crippen LogP contribution in [0, 0.1) is 5.82 Å². The normalized spacial score (nSPS) is 14.3. The molecule has 174 valence electrons. The summed E-state index contributed by atoms with van der Waals surface area (Å²) in [6, 6.07) is 20.3. The quantitative estimate of drug-likeness (QED) is 0.244. The lowest BCUT2D eigenvalue weighted by Crippen LogP contribution is -2.41. The van der Waals surface area contributed by atoms with Crippen molar-refractivity contribution < 1.29 is 4.39 Å². The van der Waals surface area contributed by atoms with E-state index in [4.69, 9.17) is 4.99 Å². The standard InChI is InChI=1S/C26H29FN4O.HI/c1-2-28-25(30-19-26(13-14-26)22-6-5-7-23(27)16-22)29-17-20-9-11-21(12-10-20)18-31-15-4-3-8-24(31)32;/h3-12,15-16H,2,13-14,17-19H2,1H3,(H2,28,29,30);1H. The van der Waals surface area contributed by atoms with E-state index in [1.807, 2.05) is 43.3 Å². The molecule has 0 saturated heterocycles. The monoisotopic (exact) mass is 560 g/mol. The van der Waals surface area contributed by atoms with Crippen molar-refractivity contribution in [1.29, 1.82) is 0 Å². The first-order chi connectivity index (χ1) is 15.6. The predicted molar refractivity (Wildman–Crippen MR) is 142 cm³/mol. The highest BCUT2D eigenvalue weighted by Gasteiger charge is 2.44. The van der Waals surface area contributed by atoms with E-state index in [0.717, 1.165) is 48.6 Å². The lowest BCUT2D eigenvalue weighted by Gasteiger charge is -2.19. The Bertz CT molecular complexity index is 1140. The van der Waals surface area contributed by atoms with Crippen molar-refractivity contribution in [3.63, 3.8) is 0 Å². The van der Waals surface area contributed by atoms with Crippen LogP contribution in [0.2, 0.25) is 0 Å². The van der Waals surface area contributed by atoms with Crippen LogP contribution < -0.4 is 16.2 Å². The van der Waals surface area contributed by atoms with Gasteiger partial charge in [0.05, 0.1) is 13.1 Å². The van der Waals surface area contributed by atoms with Gasteiger partial charge in [-0.1, -0.05) is 42.5 Å². The summed E-state index contributed by atoms with van der Waals surface area (Å²) in [5.74, 6) is 0.574. The SMILES string of the molecule is CCNC(=NCc1ccc(Cn2ccccc2=O)cc1)NCC1(c2cccc(F)c2)CC1.I. The zero-order chi connectivity index (χ0) is 22.4. The molecule has 0 bridgehead atoms. The molecule has 1 aliphatic carbocycles. The van der Waals surface area contributed by atoms with E-state index in [2.05, 4.69) is 10.6 Å². The molecule has 33 heavy (non-hydrogen) atoms. The third kappa shape index (κ3) is 6.66. The maximum Gasteiger partial charge on any atom is 0.250 e. The number of benzene rings is 2. The molecule has 0 spiro atoms. The Hall–Kier alpha value is -2.68. The van der Waals surface area contributed by atoms with Gasteiger partial charge in [0.2, 0.25) is 0 Å². The van der Waals surface area contributed by atoms with Gasteiger partial charge < -0.3 is 15.2 Å². The van der Waals surface area contributed by atoms with Crippen LogP contribution in [0.4, 0.5) is 4.39 Å². The van der Waals surface area contributed by atoms with Crippen LogP contribution in [0.5, 0.6) is 0 Å². The summed E-state index contributed by atoms with van der Waals surface area (Å²) in [4.78, 5) is 16.6. The van der Waals surface area contributed by atoms with Gasteiger partial charge in [-0.2, -0.15) is 0 Å². The van der Waals surface area contributed by atoms with Crippen molar-refractivity contribution in [2.75, 3.05) is 13.1 Å². The fourth-order valence-electron chi connectivity index (χ4n) is 3.84. The van der Waals surface area contributed by atoms with Crippen LogP contribution in [-0.4, -0.2) is 23.6 Å². The Morgan fingerprint density at radius 1 is 1.03 bits per heavy atom. The number of rotatable bonds is 8. The summed E-state index contributed by atoms with van der Waals surface area (Å²) in [7, 11) is 0. The zero-order valence-corrected chi connectivity index (χ0v) is 21.1. The summed E-state index contributed by atoms with van der Waals surface area (Å²) in [6.45, 7) is 4.64. The molecule has 0 atom stereocenters. The molecule has 1 fully saturated rings. The number of pyridine rings is 1. The number of aliphatic imine (C=N–C) groups is 1. The zero-order valence-electron chi connectivity index (χ0n) is 18.8. The van der Waals surface area contributed by atoms with E-state index in [1.54, 1.807) is 35.0 Å². The molecule has 4 rings (SSSR count). The largest absolute Gasteiger partial charge is 0.357 e. The number of halogens is 2. The van der Waals surface area contributed by atoms with E-state index in [0.29, 0.717) is 13.1 Å². The number of hydrogen-bond acceptors (Lipinski definition) is 2. The Balaban J connectivity index is 0.00000306. The number of nitrogens with one attached hydrogen (secondary N) is 2. The Morgan fingerprint density at radius 2 is 1.79 bits per heavy atom. The first kappa shape index (κ1) is 25.0. The molecule has 3 aromatic rings. The van der Waals surface area contributed by atoms with Gasteiger partial charge in [-0.05, 0) is 54.7 Å². The fourth-order valence-corrected chi connectivity index (χ4v) is 3.84. The minimum absolute atomic E-state index is 0. The molecule has 1 saturated carbocycles. The van der Waals surface area contributed by atoms with E-state index in [9.17, 15) is 9.18 Å². The summed E-state index contributed by atoms with van der Waals surface area (Å²) < 4.78 is 15.3. The Morgan fingerprint density at radius 3 is 2.45 bits per heavy atom. The average Bonchev–Trinajstić information content (AvgIpc) is 3.59. The van der Waals surface area contributed by atoms with Crippen molar-refractivity contribution in [1.82, 2.24) is 15.2 Å². The van der Waals surface area contributed by atoms with Gasteiger partial charge in [-0.25, -0.2) is 9.38 Å². The van der Waals surface area contributed by atoms with Crippen LogP contribution in [0.25, 0.3) is 0 Å². The third-order valence-corrected chi connectivity index (χ3v) is 5.92. The number of guanidine groups is 1. The molecule has 5 nitrogen and oxygen atoms in total. The van der Waals surface area contributed by atoms with E-state index < -0.39 is 0 Å². The maximum atomic E-state index is 13.7. The molecular formula is C26H30FIN4O. The maximum absolute atomic E-state index is 13.7. The topological polar surface area (TPSA) is 58.4 Å². The number of hydrogen-bond donors (Lipinski definition) is 2. The molecule has 1 heterocycles. The van der Waals surface area contributed by atoms with Gasteiger partial charge in [-0.3, -0.25) is 4.79 Å². The van der Waals surface area contributed by atoms with Crippen LogP contribution in [0.1, 0.15) is 36.5 Å². The lowest BCUT2D eigenvalue weighted by atomic mass is 9.96. The van der Waals surface area contributed by atoms with Crippen LogP contribution >= 0.6 is 24.0 Å². The minimum atomic E-state index is -0.185. The third-order valence-electron chi connectivity index (χ3n) is 5.92. The number of nitrogens with zero attached hydrogens (tertiary/aromatic N) is 2. The van der Waals surface area contributed by atoms with Crippen molar-refractivity contribution in [3.8, 4) is 0 Å². The number of aromatic nitrogens is 1. The predicted octanol–water partition coefficient (Wildman–Crippen LogP) is 4.44. The second-order valence-electron chi connectivity index (χ2n) is 8.32. The van der Waals surface area contributed by atoms with E-state index >= 15 is 0 Å². The Kier molecular flexibility index (Phi) is 8.66. The van der Waals surface area contributed by atoms with Gasteiger partial charge in [-0.15, -0.1) is 24.0 Å². The highest BCUT2D eigenvalue weighted by Crippen LogP contribution is 2.47. The van der Waals surface area contributed by atoms with Gasteiger partial charge in [0.15, 0.2) is 5.96 Å². The minimum Gasteiger partial charge on any atom is -0.357 e. The molecule has 0 radical (unpaired) electrons. The first-order valence-corrected chi connectivity index (χ1v) is 11.1. The van der Waals surface area contributed by atoms with Crippen LogP contribution in [0.3, 0.4) is 0 Å². The molecule has 0 unspecified atom stereocenters. The second kappa shape index (κ2) is 11.4. The molecule has 1 aliphatic rings. The van der Waals surface area contributed by atoms with Crippen LogP contribution in [-0.2, 0) is 18.5 Å². The molecular weight excluding hydrogens is 530 g/mol. The van der Waals surface area contributed by atoms with Crippen molar-refractivity contribution in [3.05, 3.63) is 106 Å². The highest BCUT2D eigenvalue weighted by molar-refractivity contribution is 14.0. The smallest absolute Gasteiger partial charge is 0.250 e.